The molecule has 2 N–H and O–H groups in total. The van der Waals surface area contributed by atoms with E-state index in [1.165, 1.54) is 29.3 Å². The van der Waals surface area contributed by atoms with E-state index in [0.29, 0.717) is 18.8 Å². The lowest BCUT2D eigenvalue weighted by Crippen LogP contribution is -2.49. The van der Waals surface area contributed by atoms with Crippen molar-refractivity contribution in [3.05, 3.63) is 53.3 Å². The zero-order valence-electron chi connectivity index (χ0n) is 19.3. The second-order valence-corrected chi connectivity index (χ2v) is 9.18. The van der Waals surface area contributed by atoms with Gasteiger partial charge in [0.15, 0.2) is 5.69 Å². The highest BCUT2D eigenvalue weighted by Gasteiger charge is 2.36. The number of aromatic nitrogens is 2. The van der Waals surface area contributed by atoms with Gasteiger partial charge in [-0.05, 0) is 23.6 Å². The minimum Gasteiger partial charge on any atom is -0.391 e. The molecule has 2 heterocycles. The Balaban J connectivity index is 1.69. The first kappa shape index (κ1) is 25.4. The van der Waals surface area contributed by atoms with Crippen LogP contribution in [0.25, 0.3) is 0 Å². The highest BCUT2D eigenvalue weighted by atomic mass is 19.4. The lowest BCUT2D eigenvalue weighted by molar-refractivity contribution is -0.138. The number of piperazine rings is 1. The number of carbonyl (C=O) groups excluding carboxylic acids is 2. The molecule has 0 aliphatic carbocycles. The molecule has 2 amide bonds. The van der Waals surface area contributed by atoms with Gasteiger partial charge in [0.05, 0.1) is 29.1 Å². The summed E-state index contributed by atoms with van der Waals surface area (Å²) < 4.78 is 39.9. The first-order valence-electron chi connectivity index (χ1n) is 10.9. The molecule has 1 saturated heterocycles. The zero-order chi connectivity index (χ0) is 25.1. The standard InChI is InChI=1S/C23H28F3N5O3/c1-22(2,3)18(32)14-27-20(33)19-17(8-9-28-29-19)30-10-12-31(13-11-30)21(34)15-6-4-5-7-16(15)23(24,25)26/h4-9,18,32H,10-14H2,1-3H3,(H,27,33). The molecule has 2 aromatic rings. The monoisotopic (exact) mass is 479 g/mol. The Morgan fingerprint density at radius 1 is 1.09 bits per heavy atom. The van der Waals surface area contributed by atoms with Gasteiger partial charge in [0, 0.05) is 32.7 Å². The van der Waals surface area contributed by atoms with Gasteiger partial charge in [-0.15, -0.1) is 5.10 Å². The summed E-state index contributed by atoms with van der Waals surface area (Å²) in [7, 11) is 0. The quantitative estimate of drug-likeness (QED) is 0.684. The fraction of sp³-hybridized carbons (Fsp3) is 0.478. The summed E-state index contributed by atoms with van der Waals surface area (Å²) in [5.74, 6) is -1.18. The van der Waals surface area contributed by atoms with Crippen LogP contribution in [0.5, 0.6) is 0 Å². The maximum Gasteiger partial charge on any atom is 0.417 e. The van der Waals surface area contributed by atoms with E-state index in [0.717, 1.165) is 6.07 Å². The van der Waals surface area contributed by atoms with E-state index < -0.39 is 35.1 Å². The van der Waals surface area contributed by atoms with Gasteiger partial charge in [-0.2, -0.15) is 18.3 Å². The number of aliphatic hydroxyl groups excluding tert-OH is 1. The largest absolute Gasteiger partial charge is 0.417 e. The van der Waals surface area contributed by atoms with Crippen molar-refractivity contribution < 1.29 is 27.9 Å². The number of hydrogen-bond donors (Lipinski definition) is 2. The third-order valence-corrected chi connectivity index (χ3v) is 5.74. The van der Waals surface area contributed by atoms with E-state index in [9.17, 15) is 27.9 Å². The minimum absolute atomic E-state index is 0.0409. The molecule has 8 nitrogen and oxygen atoms in total. The van der Waals surface area contributed by atoms with Gasteiger partial charge in [0.1, 0.15) is 0 Å². The maximum atomic E-state index is 13.3. The van der Waals surface area contributed by atoms with E-state index in [1.54, 1.807) is 6.07 Å². The first-order valence-corrected chi connectivity index (χ1v) is 10.9. The summed E-state index contributed by atoms with van der Waals surface area (Å²) in [6.45, 7) is 6.56. The topological polar surface area (TPSA) is 98.7 Å². The number of benzene rings is 1. The third-order valence-electron chi connectivity index (χ3n) is 5.74. The SMILES string of the molecule is CC(C)(C)C(O)CNC(=O)c1nnccc1N1CCN(C(=O)c2ccccc2C(F)(F)F)CC1. The molecule has 1 unspecified atom stereocenters. The van der Waals surface area contributed by atoms with E-state index in [2.05, 4.69) is 15.5 Å². The van der Waals surface area contributed by atoms with Crippen LogP contribution in [-0.4, -0.2) is 70.8 Å². The Bertz CT molecular complexity index is 1030. The molecule has 0 radical (unpaired) electrons. The molecule has 1 aromatic carbocycles. The van der Waals surface area contributed by atoms with Crippen molar-refractivity contribution in [2.45, 2.75) is 33.1 Å². The van der Waals surface area contributed by atoms with Gasteiger partial charge in [-0.25, -0.2) is 0 Å². The van der Waals surface area contributed by atoms with Crippen LogP contribution in [0, 0.1) is 5.41 Å². The van der Waals surface area contributed by atoms with E-state index in [-0.39, 0.29) is 30.9 Å². The van der Waals surface area contributed by atoms with Crippen LogP contribution in [0.15, 0.2) is 36.5 Å². The zero-order valence-corrected chi connectivity index (χ0v) is 19.3. The molecule has 184 valence electrons. The lowest BCUT2D eigenvalue weighted by Gasteiger charge is -2.36. The van der Waals surface area contributed by atoms with E-state index in [4.69, 9.17) is 0 Å². The van der Waals surface area contributed by atoms with Gasteiger partial charge in [-0.3, -0.25) is 9.59 Å². The Labute approximate surface area is 195 Å². The maximum absolute atomic E-state index is 13.3. The fourth-order valence-electron chi connectivity index (χ4n) is 3.56. The number of nitrogens with one attached hydrogen (secondary N) is 1. The van der Waals surface area contributed by atoms with Gasteiger partial charge in [0.25, 0.3) is 11.8 Å². The summed E-state index contributed by atoms with van der Waals surface area (Å²) in [6.07, 6.45) is -3.95. The summed E-state index contributed by atoms with van der Waals surface area (Å²) in [5, 5.41) is 20.6. The molecule has 0 saturated carbocycles. The highest BCUT2D eigenvalue weighted by molar-refractivity contribution is 5.98. The number of anilines is 1. The number of aliphatic hydroxyl groups is 1. The van der Waals surface area contributed by atoms with Crippen LogP contribution in [0.1, 0.15) is 47.2 Å². The molecule has 0 spiro atoms. The van der Waals surface area contributed by atoms with Crippen molar-refractivity contribution in [2.75, 3.05) is 37.6 Å². The van der Waals surface area contributed by atoms with Crippen LogP contribution in [0.3, 0.4) is 0 Å². The van der Waals surface area contributed by atoms with Gasteiger partial charge < -0.3 is 20.2 Å². The normalized spacial score (nSPS) is 15.7. The Kier molecular flexibility index (Phi) is 7.44. The fourth-order valence-corrected chi connectivity index (χ4v) is 3.56. The molecule has 1 atom stereocenters. The number of rotatable bonds is 5. The summed E-state index contributed by atoms with van der Waals surface area (Å²) in [6, 6.07) is 6.36. The van der Waals surface area contributed by atoms with Crippen molar-refractivity contribution in [2.24, 2.45) is 5.41 Å². The number of carbonyl (C=O) groups is 2. The van der Waals surface area contributed by atoms with Crippen LogP contribution >= 0.6 is 0 Å². The molecule has 34 heavy (non-hydrogen) atoms. The van der Waals surface area contributed by atoms with Gasteiger partial charge in [-0.1, -0.05) is 32.9 Å². The van der Waals surface area contributed by atoms with Crippen LogP contribution in [-0.2, 0) is 6.18 Å². The summed E-state index contributed by atoms with van der Waals surface area (Å²) >= 11 is 0. The van der Waals surface area contributed by atoms with Crippen LogP contribution in [0.2, 0.25) is 0 Å². The molecule has 11 heteroatoms. The average Bonchev–Trinajstić information content (AvgIpc) is 2.80. The second-order valence-electron chi connectivity index (χ2n) is 9.18. The molecule has 1 aliphatic heterocycles. The van der Waals surface area contributed by atoms with E-state index >= 15 is 0 Å². The molecular formula is C23H28F3N5O3. The number of amides is 2. The predicted octanol–water partition coefficient (Wildman–Crippen LogP) is 2.59. The number of alkyl halides is 3. The van der Waals surface area contributed by atoms with Crippen molar-refractivity contribution in [3.63, 3.8) is 0 Å². The van der Waals surface area contributed by atoms with Crippen molar-refractivity contribution in [1.29, 1.82) is 0 Å². The molecule has 1 aromatic heterocycles. The van der Waals surface area contributed by atoms with Crippen molar-refractivity contribution in [1.82, 2.24) is 20.4 Å². The minimum atomic E-state index is -4.63. The molecule has 0 bridgehead atoms. The number of hydrogen-bond acceptors (Lipinski definition) is 6. The van der Waals surface area contributed by atoms with Crippen LogP contribution in [0.4, 0.5) is 18.9 Å². The Morgan fingerprint density at radius 3 is 2.35 bits per heavy atom. The Morgan fingerprint density at radius 2 is 1.74 bits per heavy atom. The molecule has 1 aliphatic rings. The number of halogens is 3. The second kappa shape index (κ2) is 9.96. The smallest absolute Gasteiger partial charge is 0.391 e. The Hall–Kier alpha value is -3.21. The van der Waals surface area contributed by atoms with E-state index in [1.807, 2.05) is 25.7 Å². The predicted molar refractivity (Wildman–Crippen MR) is 119 cm³/mol. The van der Waals surface area contributed by atoms with Crippen molar-refractivity contribution >= 4 is 17.5 Å². The van der Waals surface area contributed by atoms with Gasteiger partial charge in [0.2, 0.25) is 0 Å². The lowest BCUT2D eigenvalue weighted by atomic mass is 9.89. The molecular weight excluding hydrogens is 451 g/mol. The average molecular weight is 480 g/mol. The molecule has 3 rings (SSSR count). The number of nitrogens with zero attached hydrogens (tertiary/aromatic N) is 4. The van der Waals surface area contributed by atoms with Crippen molar-refractivity contribution in [3.8, 4) is 0 Å². The summed E-state index contributed by atoms with van der Waals surface area (Å²) in [5.41, 5.74) is -1.18. The third kappa shape index (κ3) is 5.82. The van der Waals surface area contributed by atoms with Gasteiger partial charge >= 0.3 is 6.18 Å². The first-order chi connectivity index (χ1) is 15.9. The van der Waals surface area contributed by atoms with Crippen LogP contribution < -0.4 is 10.2 Å². The molecule has 1 fully saturated rings. The highest BCUT2D eigenvalue weighted by Crippen LogP contribution is 2.32. The summed E-state index contributed by atoms with van der Waals surface area (Å²) in [4.78, 5) is 28.7.